The highest BCUT2D eigenvalue weighted by molar-refractivity contribution is 6.30. The fourth-order valence-corrected chi connectivity index (χ4v) is 2.87. The zero-order valence-electron chi connectivity index (χ0n) is 13.9. The molecular weight excluding hydrogens is 270 g/mol. The van der Waals surface area contributed by atoms with Crippen LogP contribution in [-0.4, -0.2) is 15.5 Å². The predicted molar refractivity (Wildman–Crippen MR) is 87.5 cm³/mol. The van der Waals surface area contributed by atoms with E-state index in [1.165, 1.54) is 0 Å². The van der Waals surface area contributed by atoms with E-state index in [9.17, 15) is 0 Å². The van der Waals surface area contributed by atoms with Gasteiger partial charge in [-0.25, -0.2) is 9.97 Å². The average molecular weight is 298 g/mol. The van der Waals surface area contributed by atoms with E-state index in [0.717, 1.165) is 36.5 Å². The Morgan fingerprint density at radius 2 is 1.70 bits per heavy atom. The molecule has 0 atom stereocenters. The lowest BCUT2D eigenvalue weighted by atomic mass is 9.82. The molecule has 1 heterocycles. The lowest BCUT2D eigenvalue weighted by molar-refractivity contribution is 0.302. The molecule has 0 saturated heterocycles. The summed E-state index contributed by atoms with van der Waals surface area (Å²) >= 11 is 6.23. The van der Waals surface area contributed by atoms with Gasteiger partial charge in [0.1, 0.15) is 16.8 Å². The average Bonchev–Trinajstić information content (AvgIpc) is 2.21. The van der Waals surface area contributed by atoms with Gasteiger partial charge in [0, 0.05) is 17.5 Å². The van der Waals surface area contributed by atoms with E-state index < -0.39 is 0 Å². The first kappa shape index (κ1) is 17.2. The number of aromatic nitrogens is 2. The van der Waals surface area contributed by atoms with Gasteiger partial charge in [-0.05, 0) is 39.0 Å². The van der Waals surface area contributed by atoms with E-state index in [-0.39, 0.29) is 11.0 Å². The summed E-state index contributed by atoms with van der Waals surface area (Å²) in [6.07, 6.45) is 2.92. The molecule has 0 aliphatic rings. The number of anilines is 1. The molecule has 20 heavy (non-hydrogen) atoms. The minimum absolute atomic E-state index is 0.0375. The van der Waals surface area contributed by atoms with E-state index in [0.29, 0.717) is 5.15 Å². The van der Waals surface area contributed by atoms with Crippen molar-refractivity contribution in [3.63, 3.8) is 0 Å². The second-order valence-electron chi connectivity index (χ2n) is 7.40. The summed E-state index contributed by atoms with van der Waals surface area (Å²) in [5.74, 6) is 1.68. The van der Waals surface area contributed by atoms with E-state index in [4.69, 9.17) is 11.6 Å². The van der Waals surface area contributed by atoms with Gasteiger partial charge in [-0.2, -0.15) is 0 Å². The van der Waals surface area contributed by atoms with Gasteiger partial charge in [0.05, 0.1) is 0 Å². The number of hydrogen-bond acceptors (Lipinski definition) is 3. The maximum absolute atomic E-state index is 6.23. The number of rotatable bonds is 5. The highest BCUT2D eigenvalue weighted by Gasteiger charge is 2.26. The lowest BCUT2D eigenvalue weighted by Gasteiger charge is -2.34. The Balaban J connectivity index is 3.01. The molecule has 1 aromatic rings. The smallest absolute Gasteiger partial charge is 0.137 e. The van der Waals surface area contributed by atoms with Crippen LogP contribution in [0.15, 0.2) is 0 Å². The Morgan fingerprint density at radius 3 is 2.20 bits per heavy atom. The van der Waals surface area contributed by atoms with Crippen molar-refractivity contribution in [2.75, 3.05) is 5.32 Å². The van der Waals surface area contributed by atoms with Crippen LogP contribution in [0.4, 0.5) is 5.82 Å². The number of aryl methyl sites for hydroxylation is 1. The molecule has 0 spiro atoms. The largest absolute Gasteiger partial charge is 0.365 e. The van der Waals surface area contributed by atoms with Gasteiger partial charge in [0.2, 0.25) is 0 Å². The molecule has 0 saturated carbocycles. The van der Waals surface area contributed by atoms with E-state index >= 15 is 0 Å². The van der Waals surface area contributed by atoms with Crippen molar-refractivity contribution in [2.45, 2.75) is 73.3 Å². The van der Waals surface area contributed by atoms with Crippen LogP contribution < -0.4 is 5.32 Å². The molecule has 114 valence electrons. The fraction of sp³-hybridized carbons (Fsp3) is 0.750. The van der Waals surface area contributed by atoms with Crippen LogP contribution in [0.2, 0.25) is 5.15 Å². The molecule has 0 fully saturated rings. The van der Waals surface area contributed by atoms with Gasteiger partial charge < -0.3 is 5.32 Å². The lowest BCUT2D eigenvalue weighted by Crippen LogP contribution is -2.36. The number of nitrogens with one attached hydrogen (secondary N) is 1. The molecule has 0 aliphatic carbocycles. The molecule has 0 unspecified atom stereocenters. The second kappa shape index (κ2) is 6.30. The van der Waals surface area contributed by atoms with Crippen LogP contribution in [0.3, 0.4) is 0 Å². The Labute approximate surface area is 128 Å². The third-order valence-electron chi connectivity index (χ3n) is 3.04. The van der Waals surface area contributed by atoms with E-state index in [1.54, 1.807) is 0 Å². The summed E-state index contributed by atoms with van der Waals surface area (Å²) in [5.41, 5.74) is 1.14. The minimum atomic E-state index is -0.0375. The summed E-state index contributed by atoms with van der Waals surface area (Å²) in [4.78, 5) is 8.97. The van der Waals surface area contributed by atoms with E-state index in [1.807, 2.05) is 6.92 Å². The molecule has 3 nitrogen and oxygen atoms in total. The van der Waals surface area contributed by atoms with Crippen molar-refractivity contribution < 1.29 is 0 Å². The van der Waals surface area contributed by atoms with Crippen molar-refractivity contribution in [1.29, 1.82) is 0 Å². The first-order valence-corrected chi connectivity index (χ1v) is 7.73. The zero-order valence-corrected chi connectivity index (χ0v) is 14.6. The normalized spacial score (nSPS) is 12.6. The van der Waals surface area contributed by atoms with Gasteiger partial charge in [-0.15, -0.1) is 0 Å². The first-order valence-electron chi connectivity index (χ1n) is 7.35. The summed E-state index contributed by atoms with van der Waals surface area (Å²) in [5, 5.41) is 4.10. The highest BCUT2D eigenvalue weighted by atomic mass is 35.5. The van der Waals surface area contributed by atoms with Crippen molar-refractivity contribution in [1.82, 2.24) is 9.97 Å². The molecule has 0 amide bonds. The Morgan fingerprint density at radius 1 is 1.10 bits per heavy atom. The van der Waals surface area contributed by atoms with Crippen LogP contribution in [0, 0.1) is 12.3 Å². The second-order valence-corrected chi connectivity index (χ2v) is 7.76. The van der Waals surface area contributed by atoms with Gasteiger partial charge in [-0.1, -0.05) is 39.3 Å². The summed E-state index contributed by atoms with van der Waals surface area (Å²) < 4.78 is 0. The Hall–Kier alpha value is -0.830. The zero-order chi connectivity index (χ0) is 15.6. The minimum Gasteiger partial charge on any atom is -0.365 e. The summed E-state index contributed by atoms with van der Waals surface area (Å²) in [6.45, 7) is 15.2. The molecule has 0 bridgehead atoms. The van der Waals surface area contributed by atoms with Gasteiger partial charge in [0.25, 0.3) is 0 Å². The van der Waals surface area contributed by atoms with Crippen LogP contribution in [0.1, 0.15) is 65.8 Å². The number of halogens is 1. The Bertz CT molecular complexity index is 462. The van der Waals surface area contributed by atoms with Crippen molar-refractivity contribution >= 4 is 17.4 Å². The predicted octanol–water partition coefficient (Wildman–Crippen LogP) is 5.02. The monoisotopic (exact) mass is 297 g/mol. The van der Waals surface area contributed by atoms with Crippen LogP contribution in [-0.2, 0) is 6.42 Å². The highest BCUT2D eigenvalue weighted by Crippen LogP contribution is 2.31. The number of nitrogens with zero attached hydrogens (tertiary/aromatic N) is 2. The summed E-state index contributed by atoms with van der Waals surface area (Å²) in [7, 11) is 0. The maximum atomic E-state index is 6.23. The topological polar surface area (TPSA) is 37.8 Å². The number of hydrogen-bond donors (Lipinski definition) is 1. The summed E-state index contributed by atoms with van der Waals surface area (Å²) in [6, 6.07) is 0. The standard InChI is InChI=1S/C16H28ClN3/c1-8-9-12-18-13(17)11(2)14(19-12)20-16(6,7)10-15(3,4)5/h8-10H2,1-7H3,(H,18,19,20). The molecule has 0 aliphatic heterocycles. The molecule has 1 rings (SSSR count). The molecule has 1 N–H and O–H groups in total. The van der Waals surface area contributed by atoms with Gasteiger partial charge >= 0.3 is 0 Å². The maximum Gasteiger partial charge on any atom is 0.137 e. The quantitative estimate of drug-likeness (QED) is 0.776. The van der Waals surface area contributed by atoms with E-state index in [2.05, 4.69) is 56.8 Å². The van der Waals surface area contributed by atoms with Crippen molar-refractivity contribution in [2.24, 2.45) is 5.41 Å². The SMILES string of the molecule is CCCc1nc(Cl)c(C)c(NC(C)(C)CC(C)(C)C)n1. The van der Waals surface area contributed by atoms with Crippen LogP contribution in [0.25, 0.3) is 0 Å². The van der Waals surface area contributed by atoms with Crippen LogP contribution >= 0.6 is 11.6 Å². The molecule has 1 aromatic heterocycles. The van der Waals surface area contributed by atoms with Gasteiger partial charge in [-0.3, -0.25) is 0 Å². The molecule has 4 heteroatoms. The third kappa shape index (κ3) is 5.28. The first-order chi connectivity index (χ1) is 9.04. The molecule has 0 aromatic carbocycles. The Kier molecular flexibility index (Phi) is 5.42. The third-order valence-corrected chi connectivity index (χ3v) is 3.40. The van der Waals surface area contributed by atoms with Crippen LogP contribution in [0.5, 0.6) is 0 Å². The van der Waals surface area contributed by atoms with Gasteiger partial charge in [0.15, 0.2) is 0 Å². The van der Waals surface area contributed by atoms with Crippen molar-refractivity contribution in [3.05, 3.63) is 16.5 Å². The molecular formula is C16H28ClN3. The van der Waals surface area contributed by atoms with Crippen molar-refractivity contribution in [3.8, 4) is 0 Å². The molecule has 0 radical (unpaired) electrons. The fourth-order valence-electron chi connectivity index (χ4n) is 2.68.